The summed E-state index contributed by atoms with van der Waals surface area (Å²) in [6.07, 6.45) is 1.71. The van der Waals surface area contributed by atoms with E-state index in [0.717, 1.165) is 57.6 Å². The minimum atomic E-state index is 0.235. The van der Waals surface area contributed by atoms with Crippen LogP contribution in [0.1, 0.15) is 46.2 Å². The van der Waals surface area contributed by atoms with Crippen LogP contribution in [0.3, 0.4) is 0 Å². The summed E-state index contributed by atoms with van der Waals surface area (Å²) in [7, 11) is 0. The molecule has 4 rings (SSSR count). The first kappa shape index (κ1) is 24.9. The Labute approximate surface area is 213 Å². The summed E-state index contributed by atoms with van der Waals surface area (Å²) < 4.78 is 0. The molecule has 4 aromatic carbocycles. The molecule has 0 aromatic heterocycles. The molecule has 0 aliphatic rings. The standard InChI is InChI=1S/C32H32N2O2/c1-23-15-17-29(35)27(21-23)31(25-11-5-3-6-12-25)33-19-9-10-20-34-32(26-13-7-4-8-14-26)28-22-24(2)16-18-30(28)36/h3-8,11-18,21-22,35-36H,9-10,19-20H2,1-2H3. The molecule has 0 bridgehead atoms. The third-order valence-electron chi connectivity index (χ3n) is 6.01. The van der Waals surface area contributed by atoms with Crippen molar-refractivity contribution in [3.63, 3.8) is 0 Å². The highest BCUT2D eigenvalue weighted by Gasteiger charge is 2.13. The Balaban J connectivity index is 1.51. The first-order chi connectivity index (χ1) is 17.5. The van der Waals surface area contributed by atoms with Gasteiger partial charge in [0, 0.05) is 35.3 Å². The maximum Gasteiger partial charge on any atom is 0.124 e. The topological polar surface area (TPSA) is 65.2 Å². The molecule has 4 heteroatoms. The Morgan fingerprint density at radius 1 is 0.556 bits per heavy atom. The molecule has 0 spiro atoms. The van der Waals surface area contributed by atoms with Gasteiger partial charge in [0.05, 0.1) is 11.4 Å². The highest BCUT2D eigenvalue weighted by Crippen LogP contribution is 2.24. The largest absolute Gasteiger partial charge is 0.507 e. The summed E-state index contributed by atoms with van der Waals surface area (Å²) in [5, 5.41) is 21.0. The highest BCUT2D eigenvalue weighted by molar-refractivity contribution is 6.15. The summed E-state index contributed by atoms with van der Waals surface area (Å²) in [6.45, 7) is 5.28. The minimum absolute atomic E-state index is 0.235. The Bertz CT molecular complexity index is 1250. The molecule has 0 saturated heterocycles. The lowest BCUT2D eigenvalue weighted by Gasteiger charge is -2.11. The van der Waals surface area contributed by atoms with Crippen LogP contribution in [-0.2, 0) is 0 Å². The number of hydrogen-bond acceptors (Lipinski definition) is 4. The van der Waals surface area contributed by atoms with Crippen molar-refractivity contribution in [1.82, 2.24) is 0 Å². The van der Waals surface area contributed by atoms with Gasteiger partial charge in [-0.2, -0.15) is 0 Å². The fraction of sp³-hybridized carbons (Fsp3) is 0.188. The van der Waals surface area contributed by atoms with Crippen LogP contribution in [0.4, 0.5) is 0 Å². The number of nitrogens with zero attached hydrogens (tertiary/aromatic N) is 2. The predicted molar refractivity (Wildman–Crippen MR) is 149 cm³/mol. The van der Waals surface area contributed by atoms with Crippen molar-refractivity contribution in [3.05, 3.63) is 130 Å². The molecule has 0 aliphatic heterocycles. The van der Waals surface area contributed by atoms with Crippen LogP contribution in [0.2, 0.25) is 0 Å². The molecule has 0 unspecified atom stereocenters. The number of phenolic OH excluding ortho intramolecular Hbond substituents is 2. The van der Waals surface area contributed by atoms with Gasteiger partial charge in [-0.05, 0) is 51.0 Å². The van der Waals surface area contributed by atoms with Gasteiger partial charge in [-0.15, -0.1) is 0 Å². The fourth-order valence-corrected chi connectivity index (χ4v) is 4.14. The average Bonchev–Trinajstić information content (AvgIpc) is 2.90. The van der Waals surface area contributed by atoms with Crippen molar-refractivity contribution in [3.8, 4) is 11.5 Å². The molecule has 0 atom stereocenters. The van der Waals surface area contributed by atoms with E-state index in [4.69, 9.17) is 9.98 Å². The number of phenols is 2. The van der Waals surface area contributed by atoms with E-state index in [0.29, 0.717) is 13.1 Å². The summed E-state index contributed by atoms with van der Waals surface area (Å²) in [4.78, 5) is 9.79. The van der Waals surface area contributed by atoms with Crippen molar-refractivity contribution >= 4 is 11.4 Å². The van der Waals surface area contributed by atoms with E-state index in [-0.39, 0.29) is 11.5 Å². The van der Waals surface area contributed by atoms with E-state index in [2.05, 4.69) is 0 Å². The van der Waals surface area contributed by atoms with E-state index in [1.807, 2.05) is 98.8 Å². The van der Waals surface area contributed by atoms with Gasteiger partial charge < -0.3 is 10.2 Å². The maximum absolute atomic E-state index is 10.5. The van der Waals surface area contributed by atoms with Gasteiger partial charge in [0.1, 0.15) is 11.5 Å². The van der Waals surface area contributed by atoms with Gasteiger partial charge in [0.25, 0.3) is 0 Å². The van der Waals surface area contributed by atoms with Crippen molar-refractivity contribution in [2.24, 2.45) is 9.98 Å². The smallest absolute Gasteiger partial charge is 0.124 e. The molecular formula is C32H32N2O2. The van der Waals surface area contributed by atoms with Gasteiger partial charge >= 0.3 is 0 Å². The first-order valence-corrected chi connectivity index (χ1v) is 12.3. The molecular weight excluding hydrogens is 444 g/mol. The zero-order chi connectivity index (χ0) is 25.3. The van der Waals surface area contributed by atoms with Gasteiger partial charge in [0.2, 0.25) is 0 Å². The van der Waals surface area contributed by atoms with Gasteiger partial charge in [-0.1, -0.05) is 83.9 Å². The number of benzene rings is 4. The molecule has 2 N–H and O–H groups in total. The maximum atomic E-state index is 10.5. The number of hydrogen-bond donors (Lipinski definition) is 2. The fourth-order valence-electron chi connectivity index (χ4n) is 4.14. The van der Waals surface area contributed by atoms with Crippen LogP contribution in [0, 0.1) is 13.8 Å². The second-order valence-corrected chi connectivity index (χ2v) is 8.94. The predicted octanol–water partition coefficient (Wildman–Crippen LogP) is 6.87. The van der Waals surface area contributed by atoms with E-state index < -0.39 is 0 Å². The second kappa shape index (κ2) is 12.0. The summed E-state index contributed by atoms with van der Waals surface area (Å²) in [5.41, 5.74) is 7.23. The van der Waals surface area contributed by atoms with E-state index in [1.54, 1.807) is 12.1 Å². The quantitative estimate of drug-likeness (QED) is 0.204. The molecule has 0 heterocycles. The van der Waals surface area contributed by atoms with E-state index in [1.165, 1.54) is 0 Å². The minimum Gasteiger partial charge on any atom is -0.507 e. The summed E-state index contributed by atoms with van der Waals surface area (Å²) in [6, 6.07) is 31.2. The monoisotopic (exact) mass is 476 g/mol. The van der Waals surface area contributed by atoms with Crippen molar-refractivity contribution in [2.75, 3.05) is 13.1 Å². The molecule has 0 fully saturated rings. The van der Waals surface area contributed by atoms with E-state index >= 15 is 0 Å². The zero-order valence-corrected chi connectivity index (χ0v) is 20.9. The van der Waals surface area contributed by atoms with Crippen molar-refractivity contribution < 1.29 is 10.2 Å². The Hall–Kier alpha value is -4.18. The highest BCUT2D eigenvalue weighted by atomic mass is 16.3. The van der Waals surface area contributed by atoms with Crippen LogP contribution in [0.15, 0.2) is 107 Å². The number of aryl methyl sites for hydroxylation is 2. The summed E-state index contributed by atoms with van der Waals surface area (Å²) >= 11 is 0. The van der Waals surface area contributed by atoms with Crippen LogP contribution in [0.5, 0.6) is 11.5 Å². The third kappa shape index (κ3) is 6.28. The SMILES string of the molecule is Cc1ccc(O)c(C(=NCCCCN=C(c2ccccc2)c2cc(C)ccc2O)c2ccccc2)c1. The van der Waals surface area contributed by atoms with Crippen molar-refractivity contribution in [1.29, 1.82) is 0 Å². The number of aromatic hydroxyl groups is 2. The van der Waals surface area contributed by atoms with Gasteiger partial charge in [-0.25, -0.2) is 0 Å². The van der Waals surface area contributed by atoms with Gasteiger partial charge in [-0.3, -0.25) is 9.98 Å². The zero-order valence-electron chi connectivity index (χ0n) is 20.9. The van der Waals surface area contributed by atoms with E-state index in [9.17, 15) is 10.2 Å². The molecule has 0 radical (unpaired) electrons. The van der Waals surface area contributed by atoms with Crippen molar-refractivity contribution in [2.45, 2.75) is 26.7 Å². The lowest BCUT2D eigenvalue weighted by atomic mass is 9.99. The normalized spacial score (nSPS) is 12.1. The van der Waals surface area contributed by atoms with Gasteiger partial charge in [0.15, 0.2) is 0 Å². The molecule has 0 aliphatic carbocycles. The Morgan fingerprint density at radius 2 is 0.944 bits per heavy atom. The van der Waals surface area contributed by atoms with Crippen LogP contribution in [-0.4, -0.2) is 34.7 Å². The second-order valence-electron chi connectivity index (χ2n) is 8.94. The summed E-state index contributed by atoms with van der Waals surface area (Å²) in [5.74, 6) is 0.469. The Morgan fingerprint density at radius 3 is 1.33 bits per heavy atom. The molecule has 0 amide bonds. The molecule has 4 aromatic rings. The number of rotatable bonds is 9. The number of unbranched alkanes of at least 4 members (excludes halogenated alkanes) is 1. The number of aliphatic imine (C=N–C) groups is 2. The molecule has 4 nitrogen and oxygen atoms in total. The van der Waals surface area contributed by atoms with Crippen LogP contribution < -0.4 is 0 Å². The molecule has 36 heavy (non-hydrogen) atoms. The van der Waals surface area contributed by atoms with Crippen LogP contribution >= 0.6 is 0 Å². The first-order valence-electron chi connectivity index (χ1n) is 12.3. The molecule has 0 saturated carbocycles. The lowest BCUT2D eigenvalue weighted by molar-refractivity contribution is 0.473. The molecule has 182 valence electrons. The van der Waals surface area contributed by atoms with Crippen LogP contribution in [0.25, 0.3) is 0 Å². The third-order valence-corrected chi connectivity index (χ3v) is 6.01. The average molecular weight is 477 g/mol. The Kier molecular flexibility index (Phi) is 8.30. The lowest BCUT2D eigenvalue weighted by Crippen LogP contribution is -2.07.